The Bertz CT molecular complexity index is 881. The molecule has 0 radical (unpaired) electrons. The standard InChI is InChI=1S/C24H35N5O3/c1-17-13-22(14-23(16-30)29(17)24-25-18(2)26-32-24)27-11-9-21(10-12-27)28(19(3)31)15-20-7-5-4-6-8-20/h4-8,17,21-23,30H,9-16H2,1-3H3. The summed E-state index contributed by atoms with van der Waals surface area (Å²) >= 11 is 0. The van der Waals surface area contributed by atoms with Crippen LogP contribution >= 0.6 is 0 Å². The molecule has 1 amide bonds. The lowest BCUT2D eigenvalue weighted by Crippen LogP contribution is -2.57. The zero-order chi connectivity index (χ0) is 22.7. The van der Waals surface area contributed by atoms with Crippen LogP contribution in [0.15, 0.2) is 34.9 Å². The number of hydrogen-bond donors (Lipinski definition) is 1. The lowest BCUT2D eigenvalue weighted by Gasteiger charge is -2.48. The molecular weight excluding hydrogens is 406 g/mol. The molecule has 2 aromatic rings. The molecule has 32 heavy (non-hydrogen) atoms. The van der Waals surface area contributed by atoms with Crippen molar-refractivity contribution in [2.24, 2.45) is 0 Å². The molecule has 2 saturated heterocycles. The largest absolute Gasteiger partial charge is 0.394 e. The number of aliphatic hydroxyl groups excluding tert-OH is 1. The zero-order valence-electron chi connectivity index (χ0n) is 19.4. The quantitative estimate of drug-likeness (QED) is 0.737. The molecule has 1 aromatic carbocycles. The Hall–Kier alpha value is -2.45. The van der Waals surface area contributed by atoms with E-state index in [1.54, 1.807) is 6.92 Å². The molecule has 174 valence electrons. The normalized spacial score (nSPS) is 25.1. The van der Waals surface area contributed by atoms with Crippen LogP contribution in [0.4, 0.5) is 6.01 Å². The number of hydrogen-bond acceptors (Lipinski definition) is 7. The van der Waals surface area contributed by atoms with Gasteiger partial charge in [0.1, 0.15) is 0 Å². The maximum atomic E-state index is 12.4. The van der Waals surface area contributed by atoms with Gasteiger partial charge in [0.2, 0.25) is 5.91 Å². The number of nitrogens with zero attached hydrogens (tertiary/aromatic N) is 5. The minimum absolute atomic E-state index is 0.0341. The summed E-state index contributed by atoms with van der Waals surface area (Å²) in [6.45, 7) is 8.33. The smallest absolute Gasteiger partial charge is 0.324 e. The van der Waals surface area contributed by atoms with Crippen molar-refractivity contribution in [3.8, 4) is 0 Å². The second kappa shape index (κ2) is 10.0. The topological polar surface area (TPSA) is 85.9 Å². The third kappa shape index (κ3) is 4.96. The van der Waals surface area contributed by atoms with Gasteiger partial charge in [-0.1, -0.05) is 35.5 Å². The molecule has 0 saturated carbocycles. The molecule has 8 nitrogen and oxygen atoms in total. The van der Waals surface area contributed by atoms with Crippen molar-refractivity contribution in [1.29, 1.82) is 0 Å². The van der Waals surface area contributed by atoms with Gasteiger partial charge in [-0.3, -0.25) is 4.79 Å². The van der Waals surface area contributed by atoms with Crippen molar-refractivity contribution < 1.29 is 14.4 Å². The molecule has 2 aliphatic rings. The Labute approximate surface area is 190 Å². The predicted molar refractivity (Wildman–Crippen MR) is 122 cm³/mol. The number of aromatic nitrogens is 2. The van der Waals surface area contributed by atoms with E-state index in [2.05, 4.69) is 39.0 Å². The number of carbonyl (C=O) groups excluding carboxylic acids is 1. The van der Waals surface area contributed by atoms with Crippen molar-refractivity contribution in [3.05, 3.63) is 41.7 Å². The Kier molecular flexibility index (Phi) is 7.10. The molecule has 3 heterocycles. The van der Waals surface area contributed by atoms with Crippen LogP contribution in [0.3, 0.4) is 0 Å². The van der Waals surface area contributed by atoms with Crippen molar-refractivity contribution in [2.75, 3.05) is 24.6 Å². The summed E-state index contributed by atoms with van der Waals surface area (Å²) in [5.41, 5.74) is 1.17. The Morgan fingerprint density at radius 3 is 2.53 bits per heavy atom. The SMILES string of the molecule is CC(=O)N(Cc1ccccc1)C1CCN(C2CC(C)N(c3nc(C)no3)C(CO)C2)CC1. The minimum atomic E-state index is -0.0341. The molecule has 3 unspecified atom stereocenters. The summed E-state index contributed by atoms with van der Waals surface area (Å²) in [6, 6.07) is 11.6. The van der Waals surface area contributed by atoms with E-state index in [9.17, 15) is 9.90 Å². The fourth-order valence-electron chi connectivity index (χ4n) is 5.43. The molecular formula is C24H35N5O3. The number of aliphatic hydroxyl groups is 1. The average Bonchev–Trinajstić information content (AvgIpc) is 3.23. The fraction of sp³-hybridized carbons (Fsp3) is 0.625. The lowest BCUT2D eigenvalue weighted by molar-refractivity contribution is -0.133. The summed E-state index contributed by atoms with van der Waals surface area (Å²) < 4.78 is 5.40. The van der Waals surface area contributed by atoms with Gasteiger partial charge in [0, 0.05) is 44.7 Å². The van der Waals surface area contributed by atoms with E-state index in [-0.39, 0.29) is 30.6 Å². The molecule has 2 fully saturated rings. The van der Waals surface area contributed by atoms with Crippen LogP contribution < -0.4 is 4.90 Å². The first-order valence-electron chi connectivity index (χ1n) is 11.7. The molecule has 4 rings (SSSR count). The van der Waals surface area contributed by atoms with E-state index < -0.39 is 0 Å². The molecule has 2 aliphatic heterocycles. The second-order valence-corrected chi connectivity index (χ2v) is 9.24. The average molecular weight is 442 g/mol. The van der Waals surface area contributed by atoms with Crippen LogP contribution in [0.25, 0.3) is 0 Å². The van der Waals surface area contributed by atoms with Gasteiger partial charge in [0.25, 0.3) is 0 Å². The Morgan fingerprint density at radius 2 is 1.94 bits per heavy atom. The van der Waals surface area contributed by atoms with E-state index in [1.165, 1.54) is 5.56 Å². The molecule has 0 spiro atoms. The number of likely N-dealkylation sites (tertiary alicyclic amines) is 1. The van der Waals surface area contributed by atoms with Crippen LogP contribution in [-0.2, 0) is 11.3 Å². The maximum absolute atomic E-state index is 12.4. The Balaban J connectivity index is 1.37. The van der Waals surface area contributed by atoms with E-state index in [1.807, 2.05) is 30.0 Å². The minimum Gasteiger partial charge on any atom is -0.394 e. The van der Waals surface area contributed by atoms with E-state index in [4.69, 9.17) is 4.52 Å². The highest BCUT2D eigenvalue weighted by atomic mass is 16.5. The van der Waals surface area contributed by atoms with Crippen molar-refractivity contribution >= 4 is 11.9 Å². The van der Waals surface area contributed by atoms with Crippen LogP contribution in [0, 0.1) is 6.92 Å². The lowest BCUT2D eigenvalue weighted by atomic mass is 9.89. The highest BCUT2D eigenvalue weighted by molar-refractivity contribution is 5.73. The summed E-state index contributed by atoms with van der Waals surface area (Å²) in [5.74, 6) is 0.753. The van der Waals surface area contributed by atoms with Crippen molar-refractivity contribution in [1.82, 2.24) is 19.9 Å². The summed E-state index contributed by atoms with van der Waals surface area (Å²) in [4.78, 5) is 23.4. The highest BCUT2D eigenvalue weighted by Gasteiger charge is 2.39. The third-order valence-corrected chi connectivity index (χ3v) is 7.03. The number of anilines is 1. The monoisotopic (exact) mass is 441 g/mol. The molecule has 1 aromatic heterocycles. The second-order valence-electron chi connectivity index (χ2n) is 9.24. The first-order valence-corrected chi connectivity index (χ1v) is 11.7. The molecule has 0 aliphatic carbocycles. The molecule has 0 bridgehead atoms. The van der Waals surface area contributed by atoms with Crippen molar-refractivity contribution in [3.63, 3.8) is 0 Å². The van der Waals surface area contributed by atoms with Crippen LogP contribution in [-0.4, -0.2) is 74.8 Å². The van der Waals surface area contributed by atoms with Crippen LogP contribution in [0.5, 0.6) is 0 Å². The Morgan fingerprint density at radius 1 is 1.22 bits per heavy atom. The first-order chi connectivity index (χ1) is 15.5. The number of rotatable bonds is 6. The van der Waals surface area contributed by atoms with Gasteiger partial charge >= 0.3 is 6.01 Å². The summed E-state index contributed by atoms with van der Waals surface area (Å²) in [7, 11) is 0. The number of benzene rings is 1. The number of aryl methyl sites for hydroxylation is 1. The van der Waals surface area contributed by atoms with E-state index in [0.717, 1.165) is 38.8 Å². The van der Waals surface area contributed by atoms with Crippen LogP contribution in [0.1, 0.15) is 50.9 Å². The van der Waals surface area contributed by atoms with E-state index in [0.29, 0.717) is 24.4 Å². The van der Waals surface area contributed by atoms with Gasteiger partial charge in [-0.05, 0) is 45.1 Å². The fourth-order valence-corrected chi connectivity index (χ4v) is 5.43. The third-order valence-electron chi connectivity index (χ3n) is 7.03. The zero-order valence-corrected chi connectivity index (χ0v) is 19.4. The maximum Gasteiger partial charge on any atom is 0.324 e. The van der Waals surface area contributed by atoms with Gasteiger partial charge < -0.3 is 24.3 Å². The molecule has 8 heteroatoms. The van der Waals surface area contributed by atoms with Gasteiger partial charge in [-0.25, -0.2) is 0 Å². The predicted octanol–water partition coefficient (Wildman–Crippen LogP) is 2.61. The highest BCUT2D eigenvalue weighted by Crippen LogP contribution is 2.32. The van der Waals surface area contributed by atoms with Gasteiger partial charge in [-0.2, -0.15) is 4.98 Å². The van der Waals surface area contributed by atoms with E-state index >= 15 is 0 Å². The van der Waals surface area contributed by atoms with Gasteiger partial charge in [0.15, 0.2) is 5.82 Å². The van der Waals surface area contributed by atoms with Crippen LogP contribution in [0.2, 0.25) is 0 Å². The first kappa shape index (κ1) is 22.7. The molecule has 3 atom stereocenters. The summed E-state index contributed by atoms with van der Waals surface area (Å²) in [5, 5.41) is 14.0. The molecule has 1 N–H and O–H groups in total. The number of amides is 1. The van der Waals surface area contributed by atoms with Gasteiger partial charge in [0.05, 0.1) is 12.6 Å². The van der Waals surface area contributed by atoms with Gasteiger partial charge in [-0.15, -0.1) is 0 Å². The number of carbonyl (C=O) groups is 1. The number of piperidine rings is 2. The van der Waals surface area contributed by atoms with Crippen molar-refractivity contribution in [2.45, 2.75) is 77.2 Å². The summed E-state index contributed by atoms with van der Waals surface area (Å²) in [6.07, 6.45) is 3.82.